The molecule has 3 saturated carbocycles. The van der Waals surface area contributed by atoms with Gasteiger partial charge in [-0.2, -0.15) is 0 Å². The quantitative estimate of drug-likeness (QED) is 0.800. The molecular weight excluding hydrogens is 240 g/mol. The fraction of sp³-hybridized carbons (Fsp3) is 1.00. The van der Waals surface area contributed by atoms with Gasteiger partial charge in [-0.25, -0.2) is 0 Å². The largest absolute Gasteiger partial charge is 0.393 e. The Hall–Kier alpha value is -0.120. The summed E-state index contributed by atoms with van der Waals surface area (Å²) in [6.07, 6.45) is 5.89. The first-order valence-corrected chi connectivity index (χ1v) is 7.68. The van der Waals surface area contributed by atoms with E-state index in [-0.39, 0.29) is 23.0 Å². The average Bonchev–Trinajstić information content (AvgIpc) is 2.70. The SMILES string of the molecule is COCO[C@@H]1[C@@]2(C)C[C@H](O)[C@@H](C)[C@@]13CCC[C@@]3(C)C2. The predicted molar refractivity (Wildman–Crippen MR) is 73.7 cm³/mol. The van der Waals surface area contributed by atoms with Crippen LogP contribution in [-0.4, -0.2) is 31.2 Å². The number of hydrogen-bond donors (Lipinski definition) is 1. The van der Waals surface area contributed by atoms with Crippen LogP contribution in [-0.2, 0) is 9.47 Å². The smallest absolute Gasteiger partial charge is 0.146 e. The minimum atomic E-state index is -0.174. The van der Waals surface area contributed by atoms with Gasteiger partial charge >= 0.3 is 0 Å². The van der Waals surface area contributed by atoms with Crippen LogP contribution in [0.3, 0.4) is 0 Å². The van der Waals surface area contributed by atoms with Crippen molar-refractivity contribution in [1.29, 1.82) is 0 Å². The summed E-state index contributed by atoms with van der Waals surface area (Å²) in [5.74, 6) is 0.331. The van der Waals surface area contributed by atoms with Gasteiger partial charge in [0.1, 0.15) is 6.79 Å². The summed E-state index contributed by atoms with van der Waals surface area (Å²) in [5, 5.41) is 10.5. The lowest BCUT2D eigenvalue weighted by Crippen LogP contribution is -2.56. The minimum Gasteiger partial charge on any atom is -0.393 e. The van der Waals surface area contributed by atoms with Crippen molar-refractivity contribution in [2.75, 3.05) is 13.9 Å². The summed E-state index contributed by atoms with van der Waals surface area (Å²) in [4.78, 5) is 0. The van der Waals surface area contributed by atoms with Gasteiger partial charge in [-0.15, -0.1) is 0 Å². The predicted octanol–water partition coefficient (Wildman–Crippen LogP) is 2.96. The maximum Gasteiger partial charge on any atom is 0.146 e. The van der Waals surface area contributed by atoms with Crippen molar-refractivity contribution < 1.29 is 14.6 Å². The van der Waals surface area contributed by atoms with Gasteiger partial charge in [0, 0.05) is 12.5 Å². The van der Waals surface area contributed by atoms with E-state index < -0.39 is 0 Å². The number of aliphatic hydroxyl groups is 1. The van der Waals surface area contributed by atoms with Gasteiger partial charge in [0.05, 0.1) is 12.2 Å². The molecule has 0 aromatic carbocycles. The number of methoxy groups -OCH3 is 1. The third kappa shape index (κ3) is 1.55. The van der Waals surface area contributed by atoms with E-state index in [9.17, 15) is 5.11 Å². The van der Waals surface area contributed by atoms with Gasteiger partial charge in [0.15, 0.2) is 0 Å². The van der Waals surface area contributed by atoms with Crippen molar-refractivity contribution in [2.45, 2.75) is 65.1 Å². The van der Waals surface area contributed by atoms with E-state index in [2.05, 4.69) is 20.8 Å². The van der Waals surface area contributed by atoms with Crippen LogP contribution in [0, 0.1) is 22.2 Å². The zero-order chi connectivity index (χ0) is 13.9. The molecule has 3 fully saturated rings. The van der Waals surface area contributed by atoms with E-state index in [1.54, 1.807) is 7.11 Å². The Morgan fingerprint density at radius 1 is 1.26 bits per heavy atom. The molecule has 0 radical (unpaired) electrons. The summed E-state index contributed by atoms with van der Waals surface area (Å²) in [6.45, 7) is 7.36. The molecule has 3 aliphatic rings. The van der Waals surface area contributed by atoms with Crippen molar-refractivity contribution in [3.05, 3.63) is 0 Å². The standard InChI is InChI=1S/C16H28O3/c1-11-12(17)8-14(2)9-15(3)6-5-7-16(11,15)13(14)19-10-18-4/h11-13,17H,5-10H2,1-4H3/t11-,12+,13-,14+,15+,16+/m1/s1. The number of hydrogen-bond acceptors (Lipinski definition) is 3. The Morgan fingerprint density at radius 2 is 2.00 bits per heavy atom. The highest BCUT2D eigenvalue weighted by Gasteiger charge is 2.73. The molecule has 3 aliphatic carbocycles. The van der Waals surface area contributed by atoms with Crippen molar-refractivity contribution in [1.82, 2.24) is 0 Å². The number of fused-ring (bicyclic) bond motifs is 1. The van der Waals surface area contributed by atoms with Gasteiger partial charge in [-0.05, 0) is 42.4 Å². The maximum absolute atomic E-state index is 10.5. The molecule has 6 atom stereocenters. The Morgan fingerprint density at radius 3 is 2.68 bits per heavy atom. The third-order valence-electron chi connectivity index (χ3n) is 6.76. The number of ether oxygens (including phenoxy) is 2. The summed E-state index contributed by atoms with van der Waals surface area (Å²) in [6, 6.07) is 0. The van der Waals surface area contributed by atoms with Crippen molar-refractivity contribution >= 4 is 0 Å². The second kappa shape index (κ2) is 4.19. The molecule has 3 rings (SSSR count). The van der Waals surface area contributed by atoms with Crippen LogP contribution in [0.5, 0.6) is 0 Å². The van der Waals surface area contributed by atoms with E-state index in [1.165, 1.54) is 25.7 Å². The van der Waals surface area contributed by atoms with E-state index in [0.717, 1.165) is 6.42 Å². The van der Waals surface area contributed by atoms with Gasteiger partial charge in [-0.1, -0.05) is 27.2 Å². The molecule has 0 aromatic heterocycles. The van der Waals surface area contributed by atoms with Crippen LogP contribution < -0.4 is 0 Å². The Labute approximate surface area is 116 Å². The fourth-order valence-electron chi connectivity index (χ4n) is 6.29. The molecule has 0 unspecified atom stereocenters. The zero-order valence-electron chi connectivity index (χ0n) is 12.7. The van der Waals surface area contributed by atoms with Gasteiger partial charge < -0.3 is 14.6 Å². The molecule has 0 amide bonds. The third-order valence-corrected chi connectivity index (χ3v) is 6.76. The normalized spacial score (nSPS) is 56.4. The van der Waals surface area contributed by atoms with Crippen LogP contribution in [0.15, 0.2) is 0 Å². The summed E-state index contributed by atoms with van der Waals surface area (Å²) >= 11 is 0. The Balaban J connectivity index is 2.04. The summed E-state index contributed by atoms with van der Waals surface area (Å²) in [5.41, 5.74) is 0.592. The molecule has 3 nitrogen and oxygen atoms in total. The first-order valence-electron chi connectivity index (χ1n) is 7.68. The lowest BCUT2D eigenvalue weighted by Gasteiger charge is -2.53. The van der Waals surface area contributed by atoms with E-state index in [0.29, 0.717) is 18.1 Å². The molecule has 0 heterocycles. The van der Waals surface area contributed by atoms with Crippen LogP contribution in [0.4, 0.5) is 0 Å². The molecule has 3 heteroatoms. The van der Waals surface area contributed by atoms with Crippen molar-refractivity contribution in [3.63, 3.8) is 0 Å². The number of rotatable bonds is 3. The highest BCUT2D eigenvalue weighted by atomic mass is 16.7. The van der Waals surface area contributed by atoms with Crippen molar-refractivity contribution in [2.24, 2.45) is 22.2 Å². The molecule has 2 bridgehead atoms. The molecule has 110 valence electrons. The maximum atomic E-state index is 10.5. The monoisotopic (exact) mass is 268 g/mol. The van der Waals surface area contributed by atoms with Crippen LogP contribution >= 0.6 is 0 Å². The first kappa shape index (κ1) is 13.8. The van der Waals surface area contributed by atoms with E-state index in [4.69, 9.17) is 9.47 Å². The zero-order valence-corrected chi connectivity index (χ0v) is 12.7. The van der Waals surface area contributed by atoms with Crippen LogP contribution in [0.2, 0.25) is 0 Å². The molecule has 0 saturated heterocycles. The highest BCUT2D eigenvalue weighted by Crippen LogP contribution is 2.75. The van der Waals surface area contributed by atoms with Crippen LogP contribution in [0.25, 0.3) is 0 Å². The van der Waals surface area contributed by atoms with Gasteiger partial charge in [-0.3, -0.25) is 0 Å². The Bertz CT molecular complexity index is 371. The molecule has 0 aromatic rings. The first-order chi connectivity index (χ1) is 8.90. The minimum absolute atomic E-state index is 0.111. The highest BCUT2D eigenvalue weighted by molar-refractivity contribution is 5.22. The number of aliphatic hydroxyl groups excluding tert-OH is 1. The second-order valence-electron chi connectivity index (χ2n) is 7.80. The average molecular weight is 268 g/mol. The fourth-order valence-corrected chi connectivity index (χ4v) is 6.29. The Kier molecular flexibility index (Phi) is 3.05. The molecule has 0 aliphatic heterocycles. The van der Waals surface area contributed by atoms with Crippen molar-refractivity contribution in [3.8, 4) is 0 Å². The van der Waals surface area contributed by atoms with E-state index >= 15 is 0 Å². The summed E-state index contributed by atoms with van der Waals surface area (Å²) < 4.78 is 11.3. The summed E-state index contributed by atoms with van der Waals surface area (Å²) in [7, 11) is 1.69. The lowest BCUT2D eigenvalue weighted by atomic mass is 9.56. The topological polar surface area (TPSA) is 38.7 Å². The molecule has 1 N–H and O–H groups in total. The second-order valence-corrected chi connectivity index (χ2v) is 7.80. The molecular formula is C16H28O3. The van der Waals surface area contributed by atoms with Gasteiger partial charge in [0.25, 0.3) is 0 Å². The molecule has 19 heavy (non-hydrogen) atoms. The molecule has 1 spiro atoms. The van der Waals surface area contributed by atoms with Crippen LogP contribution in [0.1, 0.15) is 52.9 Å². The lowest BCUT2D eigenvalue weighted by molar-refractivity contribution is -0.204. The van der Waals surface area contributed by atoms with Gasteiger partial charge in [0.2, 0.25) is 0 Å². The van der Waals surface area contributed by atoms with E-state index in [1.807, 2.05) is 0 Å².